The molecule has 7 heterocycles. The van der Waals surface area contributed by atoms with Crippen molar-refractivity contribution in [2.45, 2.75) is 96.2 Å². The summed E-state index contributed by atoms with van der Waals surface area (Å²) >= 11 is 1.57. The lowest BCUT2D eigenvalue weighted by molar-refractivity contribution is -0.144. The first-order valence-corrected chi connectivity index (χ1v) is 28.6. The van der Waals surface area contributed by atoms with Gasteiger partial charge in [0.05, 0.1) is 40.0 Å². The summed E-state index contributed by atoms with van der Waals surface area (Å²) < 4.78 is 73.3. The summed E-state index contributed by atoms with van der Waals surface area (Å²) in [6, 6.07) is 17.9. The number of aliphatic hydroxyl groups excluding tert-OH is 1. The summed E-state index contributed by atoms with van der Waals surface area (Å²) in [6.45, 7) is 10.6. The van der Waals surface area contributed by atoms with Crippen molar-refractivity contribution < 1.29 is 45.9 Å². The average Bonchev–Trinajstić information content (AvgIpc) is 4.26. The van der Waals surface area contributed by atoms with Gasteiger partial charge in [0, 0.05) is 99.6 Å². The highest BCUT2D eigenvalue weighted by Crippen LogP contribution is 2.35. The number of H-pyrrole nitrogens is 1. The lowest BCUT2D eigenvalue weighted by atomic mass is 9.85. The van der Waals surface area contributed by atoms with Crippen LogP contribution in [0.15, 0.2) is 84.6 Å². The van der Waals surface area contributed by atoms with Crippen molar-refractivity contribution in [3.8, 4) is 21.6 Å². The number of likely N-dealkylation sites (tertiary alicyclic amines) is 3. The summed E-state index contributed by atoms with van der Waals surface area (Å²) in [4.78, 5) is 74.0. The predicted molar refractivity (Wildman–Crippen MR) is 290 cm³/mol. The number of halogens is 3. The van der Waals surface area contributed by atoms with Gasteiger partial charge in [-0.1, -0.05) is 69.3 Å². The van der Waals surface area contributed by atoms with Crippen LogP contribution in [0.25, 0.3) is 32.6 Å². The second kappa shape index (κ2) is 22.3. The maximum atomic E-state index is 15.8. The Bertz CT molecular complexity index is 3340. The number of alkyl halides is 1. The van der Waals surface area contributed by atoms with Gasteiger partial charge >= 0.3 is 10.2 Å². The number of ketones is 1. The molecule has 17 nitrogen and oxygen atoms in total. The van der Waals surface area contributed by atoms with Crippen molar-refractivity contribution >= 4 is 61.8 Å². The number of carbonyl (C=O) groups is 4. The number of thiazole rings is 1. The molecule has 4 atom stereocenters. The molecule has 3 aromatic heterocycles. The quantitative estimate of drug-likeness (QED) is 0.0657. The fourth-order valence-corrected chi connectivity index (χ4v) is 13.1. The summed E-state index contributed by atoms with van der Waals surface area (Å²) in [5.74, 6) is -4.33. The Balaban J connectivity index is 0.697. The topological polar surface area (TPSA) is 213 Å². The molecule has 3 amide bonds. The zero-order chi connectivity index (χ0) is 55.2. The van der Waals surface area contributed by atoms with Gasteiger partial charge in [-0.2, -0.15) is 12.7 Å². The van der Waals surface area contributed by atoms with Crippen molar-refractivity contribution in [1.29, 1.82) is 0 Å². The minimum atomic E-state index is -4.37. The van der Waals surface area contributed by atoms with Gasteiger partial charge in [0.1, 0.15) is 29.7 Å². The molecule has 0 aliphatic carbocycles. The lowest BCUT2D eigenvalue weighted by Crippen LogP contribution is -2.59. The molecule has 4 saturated heterocycles. The number of anilines is 1. The molecule has 4 aliphatic rings. The van der Waals surface area contributed by atoms with E-state index in [1.165, 1.54) is 11.1 Å². The van der Waals surface area contributed by atoms with E-state index in [0.29, 0.717) is 41.6 Å². The molecule has 0 bridgehead atoms. The summed E-state index contributed by atoms with van der Waals surface area (Å²) in [6.07, 6.45) is 2.55. The van der Waals surface area contributed by atoms with E-state index < -0.39 is 81.1 Å². The van der Waals surface area contributed by atoms with Crippen LogP contribution >= 0.6 is 11.3 Å². The number of benzene rings is 3. The van der Waals surface area contributed by atoms with Crippen LogP contribution in [0.2, 0.25) is 0 Å². The lowest BCUT2D eigenvalue weighted by Gasteiger charge is -2.47. The Labute approximate surface area is 454 Å². The maximum Gasteiger partial charge on any atom is 0.301 e. The molecular weight excluding hydrogens is 1050 g/mol. The third kappa shape index (κ3) is 11.6. The van der Waals surface area contributed by atoms with Gasteiger partial charge in [0.15, 0.2) is 5.82 Å². The number of hydrogen-bond donors (Lipinski definition) is 5. The van der Waals surface area contributed by atoms with E-state index in [1.54, 1.807) is 23.6 Å². The van der Waals surface area contributed by atoms with Crippen LogP contribution in [0.4, 0.5) is 18.9 Å². The molecular formula is C56H63F3N10O7S2. The number of aliphatic hydroxyl groups is 1. The first-order chi connectivity index (χ1) is 37.2. The van der Waals surface area contributed by atoms with Gasteiger partial charge in [-0.05, 0) is 72.1 Å². The van der Waals surface area contributed by atoms with Crippen LogP contribution in [0.5, 0.6) is 0 Å². The van der Waals surface area contributed by atoms with Gasteiger partial charge in [-0.3, -0.25) is 33.7 Å². The van der Waals surface area contributed by atoms with Crippen molar-refractivity contribution in [3.63, 3.8) is 0 Å². The van der Waals surface area contributed by atoms with Gasteiger partial charge in [-0.25, -0.2) is 23.1 Å². The molecule has 4 fully saturated rings. The second-order valence-corrected chi connectivity index (χ2v) is 24.5. The Hall–Kier alpha value is -6.56. The Morgan fingerprint density at radius 1 is 0.897 bits per heavy atom. The van der Waals surface area contributed by atoms with Crippen LogP contribution in [-0.4, -0.2) is 154 Å². The Morgan fingerprint density at radius 2 is 1.62 bits per heavy atom. The molecule has 5 N–H and O–H groups in total. The van der Waals surface area contributed by atoms with E-state index >= 15 is 8.78 Å². The van der Waals surface area contributed by atoms with Crippen molar-refractivity contribution in [1.82, 2.24) is 44.6 Å². The van der Waals surface area contributed by atoms with Gasteiger partial charge < -0.3 is 25.6 Å². The number of amides is 3. The van der Waals surface area contributed by atoms with Crippen LogP contribution in [0, 0.1) is 24.0 Å². The molecule has 3 aromatic carbocycles. The van der Waals surface area contributed by atoms with Crippen LogP contribution in [0.3, 0.4) is 0 Å². The van der Waals surface area contributed by atoms with Crippen molar-refractivity contribution in [2.24, 2.45) is 5.41 Å². The highest BCUT2D eigenvalue weighted by Gasteiger charge is 2.45. The van der Waals surface area contributed by atoms with Gasteiger partial charge in [-0.15, -0.1) is 11.3 Å². The smallest absolute Gasteiger partial charge is 0.301 e. The number of aromatic nitrogens is 3. The minimum Gasteiger partial charge on any atom is -0.391 e. The van der Waals surface area contributed by atoms with E-state index in [2.05, 4.69) is 47.5 Å². The number of carbonyl (C=O) groups excluding carboxylic acids is 4. The maximum absolute atomic E-state index is 15.8. The summed E-state index contributed by atoms with van der Waals surface area (Å²) in [7, 11) is -4.37. The summed E-state index contributed by atoms with van der Waals surface area (Å²) in [5, 5.41) is 17.0. The number of nitrogens with one attached hydrogen (secondary N) is 4. The molecule has 412 valence electrons. The van der Waals surface area contributed by atoms with E-state index in [0.717, 1.165) is 75.2 Å². The van der Waals surface area contributed by atoms with Crippen LogP contribution in [0.1, 0.15) is 85.1 Å². The van der Waals surface area contributed by atoms with E-state index in [-0.39, 0.29) is 56.4 Å². The molecule has 0 unspecified atom stereocenters. The fraction of sp³-hybridized carbons (Fsp3) is 0.429. The normalized spacial score (nSPS) is 20.5. The van der Waals surface area contributed by atoms with Crippen LogP contribution < -0.4 is 15.4 Å². The van der Waals surface area contributed by atoms with E-state index in [9.17, 15) is 37.1 Å². The molecule has 6 aromatic rings. The monoisotopic (exact) mass is 1110 g/mol. The number of aromatic amines is 1. The Kier molecular flexibility index (Phi) is 15.7. The first-order valence-electron chi connectivity index (χ1n) is 26.2. The number of nitrogens with zero attached hydrogens (tertiary/aromatic N) is 6. The standard InChI is InChI=1S/C56H63F3N10O7S2/c1-32-51(77-31-63-32)36-7-5-33(6-8-36)23-62-54(73)46-22-41(70)29-69(46)55(74)52(56(2,3)4)64-47(71)30-66-18-16-40(17-19-66)67-26-38(27-67)35-11-9-34(10-12-35)37-21-42-43(25-61-53(42)60-24-37)50(72)48-44(58)13-14-45(49(48)59)65-78(75,76)68-20-15-39(57)28-68/h5-14,21,24-25,31,38-41,46,52,65,70H,15-20,22-23,26-30H2,1-4H3,(H,60,61)(H,62,73)(H,64,71)/t39-,41-,46+,52-/m1/s1. The first kappa shape index (κ1) is 54.8. The fourth-order valence-electron chi connectivity index (χ4n) is 11.0. The summed E-state index contributed by atoms with van der Waals surface area (Å²) in [5.41, 5.74) is 5.31. The number of piperidine rings is 1. The molecule has 0 saturated carbocycles. The molecule has 22 heteroatoms. The van der Waals surface area contributed by atoms with Gasteiger partial charge in [0.2, 0.25) is 23.5 Å². The van der Waals surface area contributed by atoms with Crippen molar-refractivity contribution in [2.75, 3.05) is 57.1 Å². The average molecular weight is 1110 g/mol. The molecule has 10 rings (SSSR count). The number of rotatable bonds is 16. The highest BCUT2D eigenvalue weighted by atomic mass is 32.2. The SMILES string of the molecule is Cc1ncsc1-c1ccc(CNC(=O)[C@@H]2C[C@@H](O)CN2C(=O)[C@@H](NC(=O)CN2CCC(N3CC(c4ccc(-c5cnc6[nH]cc(C(=O)c7c(F)ccc(NS(=O)(=O)N8CC[C@@H](F)C8)c7F)c6c5)cc4)C3)CC2)C(C)(C)C)cc1. The number of aryl methyl sites for hydroxylation is 1. The van der Waals surface area contributed by atoms with Crippen molar-refractivity contribution in [3.05, 3.63) is 124 Å². The molecule has 0 spiro atoms. The largest absolute Gasteiger partial charge is 0.391 e. The third-order valence-electron chi connectivity index (χ3n) is 15.5. The van der Waals surface area contributed by atoms with E-state index in [4.69, 9.17) is 0 Å². The zero-order valence-corrected chi connectivity index (χ0v) is 45.4. The predicted octanol–water partition coefficient (Wildman–Crippen LogP) is 6.54. The molecule has 78 heavy (non-hydrogen) atoms. The highest BCUT2D eigenvalue weighted by molar-refractivity contribution is 7.90. The number of hydrogen-bond acceptors (Lipinski definition) is 12. The molecule has 0 radical (unpaired) electrons. The third-order valence-corrected chi connectivity index (χ3v) is 18.0. The number of pyridine rings is 1. The molecule has 4 aliphatic heterocycles. The van der Waals surface area contributed by atoms with E-state index in [1.807, 2.05) is 74.3 Å². The zero-order valence-electron chi connectivity index (χ0n) is 43.8. The Morgan fingerprint density at radius 3 is 2.28 bits per heavy atom. The van der Waals surface area contributed by atoms with Crippen LogP contribution in [-0.2, 0) is 31.1 Å². The number of fused-ring (bicyclic) bond motifs is 1. The van der Waals surface area contributed by atoms with Gasteiger partial charge in [0.25, 0.3) is 0 Å². The number of β-amino-alcohol motifs (C(OH)–C–C–N with tert-alkyl or cyclic N) is 1. The second-order valence-electron chi connectivity index (χ2n) is 22.0. The minimum absolute atomic E-state index is 0.00692.